The van der Waals surface area contributed by atoms with Crippen molar-refractivity contribution < 1.29 is 0 Å². The summed E-state index contributed by atoms with van der Waals surface area (Å²) >= 11 is 0. The number of aromatic nitrogens is 1. The SMILES string of the molecule is [c]1ccnc(C2CC2)c1. The van der Waals surface area contributed by atoms with E-state index in [9.17, 15) is 0 Å². The summed E-state index contributed by atoms with van der Waals surface area (Å²) in [5, 5.41) is 0. The Morgan fingerprint density at radius 2 is 2.44 bits per heavy atom. The second-order valence-electron chi connectivity index (χ2n) is 2.45. The van der Waals surface area contributed by atoms with Crippen LogP contribution in [0, 0.1) is 6.07 Å². The van der Waals surface area contributed by atoms with Crippen LogP contribution in [0.25, 0.3) is 0 Å². The summed E-state index contributed by atoms with van der Waals surface area (Å²) in [7, 11) is 0. The van der Waals surface area contributed by atoms with Crippen molar-refractivity contribution in [2.75, 3.05) is 0 Å². The number of pyridine rings is 1. The molecule has 1 aromatic heterocycles. The van der Waals surface area contributed by atoms with E-state index in [4.69, 9.17) is 0 Å². The smallest absolute Gasteiger partial charge is 0.0440 e. The van der Waals surface area contributed by atoms with Gasteiger partial charge in [0, 0.05) is 17.8 Å². The lowest BCUT2D eigenvalue weighted by Crippen LogP contribution is -1.81. The van der Waals surface area contributed by atoms with Gasteiger partial charge in [-0.15, -0.1) is 0 Å². The standard InChI is InChI=1S/C8H8N/c1-2-6-9-8(3-1)7-4-5-7/h2-3,6-7H,4-5H2. The second kappa shape index (κ2) is 1.83. The summed E-state index contributed by atoms with van der Waals surface area (Å²) in [5.41, 5.74) is 1.22. The summed E-state index contributed by atoms with van der Waals surface area (Å²) in [6, 6.07) is 6.84. The lowest BCUT2D eigenvalue weighted by Gasteiger charge is -1.90. The van der Waals surface area contributed by atoms with E-state index in [1.807, 2.05) is 18.3 Å². The average molecular weight is 118 g/mol. The lowest BCUT2D eigenvalue weighted by molar-refractivity contribution is 1.02. The fourth-order valence-corrected chi connectivity index (χ4v) is 0.939. The molecule has 1 aliphatic carbocycles. The molecule has 0 amide bonds. The van der Waals surface area contributed by atoms with Gasteiger partial charge in [-0.2, -0.15) is 0 Å². The van der Waals surface area contributed by atoms with Gasteiger partial charge in [-0.1, -0.05) is 0 Å². The van der Waals surface area contributed by atoms with E-state index in [0.29, 0.717) is 0 Å². The van der Waals surface area contributed by atoms with Crippen molar-refractivity contribution in [2.24, 2.45) is 0 Å². The minimum atomic E-state index is 0.766. The Kier molecular flexibility index (Phi) is 1.01. The van der Waals surface area contributed by atoms with Gasteiger partial charge in [0.15, 0.2) is 0 Å². The van der Waals surface area contributed by atoms with Crippen molar-refractivity contribution >= 4 is 0 Å². The maximum atomic E-state index is 4.21. The molecule has 2 rings (SSSR count). The number of rotatable bonds is 1. The Morgan fingerprint density at radius 1 is 1.56 bits per heavy atom. The molecule has 0 spiro atoms. The Hall–Kier alpha value is -0.850. The van der Waals surface area contributed by atoms with E-state index >= 15 is 0 Å². The maximum absolute atomic E-state index is 4.21. The van der Waals surface area contributed by atoms with Crippen molar-refractivity contribution in [3.8, 4) is 0 Å². The normalized spacial score (nSPS) is 17.8. The Bertz CT molecular complexity index is 189. The molecule has 1 aliphatic rings. The Labute approximate surface area is 54.7 Å². The monoisotopic (exact) mass is 118 g/mol. The van der Waals surface area contributed by atoms with E-state index in [1.165, 1.54) is 18.5 Å². The van der Waals surface area contributed by atoms with Crippen LogP contribution in [0.5, 0.6) is 0 Å². The largest absolute Gasteiger partial charge is 0.261 e. The predicted octanol–water partition coefficient (Wildman–Crippen LogP) is 1.76. The molecule has 1 heteroatoms. The summed E-state index contributed by atoms with van der Waals surface area (Å²) in [6.45, 7) is 0. The van der Waals surface area contributed by atoms with Gasteiger partial charge < -0.3 is 0 Å². The summed E-state index contributed by atoms with van der Waals surface area (Å²) in [6.07, 6.45) is 4.46. The fourth-order valence-electron chi connectivity index (χ4n) is 0.939. The molecule has 0 bridgehead atoms. The molecule has 0 saturated heterocycles. The zero-order valence-corrected chi connectivity index (χ0v) is 5.17. The van der Waals surface area contributed by atoms with Gasteiger partial charge in [0.2, 0.25) is 0 Å². The topological polar surface area (TPSA) is 12.9 Å². The second-order valence-corrected chi connectivity index (χ2v) is 2.45. The molecule has 9 heavy (non-hydrogen) atoms. The van der Waals surface area contributed by atoms with Crippen molar-refractivity contribution in [3.05, 3.63) is 30.1 Å². The third kappa shape index (κ3) is 0.947. The van der Waals surface area contributed by atoms with Crippen LogP contribution in [0.1, 0.15) is 24.5 Å². The highest BCUT2D eigenvalue weighted by Gasteiger charge is 2.23. The van der Waals surface area contributed by atoms with Crippen LogP contribution in [0.15, 0.2) is 18.3 Å². The van der Waals surface area contributed by atoms with E-state index in [1.54, 1.807) is 0 Å². The third-order valence-corrected chi connectivity index (χ3v) is 1.62. The first-order valence-electron chi connectivity index (χ1n) is 3.29. The van der Waals surface area contributed by atoms with Gasteiger partial charge in [-0.25, -0.2) is 0 Å². The molecule has 1 fully saturated rings. The minimum absolute atomic E-state index is 0.766. The highest BCUT2D eigenvalue weighted by atomic mass is 14.7. The number of nitrogens with zero attached hydrogens (tertiary/aromatic N) is 1. The summed E-state index contributed by atoms with van der Waals surface area (Å²) < 4.78 is 0. The van der Waals surface area contributed by atoms with E-state index < -0.39 is 0 Å². The molecule has 0 aromatic carbocycles. The van der Waals surface area contributed by atoms with E-state index in [0.717, 1.165) is 5.92 Å². The molecule has 0 unspecified atom stereocenters. The number of hydrogen-bond acceptors (Lipinski definition) is 1. The Morgan fingerprint density at radius 3 is 3.00 bits per heavy atom. The van der Waals surface area contributed by atoms with Crippen LogP contribution >= 0.6 is 0 Å². The van der Waals surface area contributed by atoms with Gasteiger partial charge >= 0.3 is 0 Å². The molecular weight excluding hydrogens is 110 g/mol. The van der Waals surface area contributed by atoms with Crippen molar-refractivity contribution in [2.45, 2.75) is 18.8 Å². The number of hydrogen-bond donors (Lipinski definition) is 0. The molecule has 1 heterocycles. The summed E-state index contributed by atoms with van der Waals surface area (Å²) in [4.78, 5) is 4.21. The molecule has 1 nitrogen and oxygen atoms in total. The Balaban J connectivity index is 2.29. The van der Waals surface area contributed by atoms with Gasteiger partial charge in [0.05, 0.1) is 0 Å². The molecule has 1 aromatic rings. The zero-order valence-electron chi connectivity index (χ0n) is 5.17. The van der Waals surface area contributed by atoms with Crippen molar-refractivity contribution in [1.82, 2.24) is 4.98 Å². The highest BCUT2D eigenvalue weighted by molar-refractivity contribution is 5.13. The van der Waals surface area contributed by atoms with Gasteiger partial charge in [0.1, 0.15) is 0 Å². The van der Waals surface area contributed by atoms with Crippen LogP contribution in [0.4, 0.5) is 0 Å². The van der Waals surface area contributed by atoms with E-state index in [-0.39, 0.29) is 0 Å². The van der Waals surface area contributed by atoms with Gasteiger partial charge in [-0.05, 0) is 31.0 Å². The van der Waals surface area contributed by atoms with Gasteiger partial charge in [0.25, 0.3) is 0 Å². The van der Waals surface area contributed by atoms with Crippen LogP contribution in [-0.2, 0) is 0 Å². The molecule has 0 atom stereocenters. The average Bonchev–Trinajstić information content (AvgIpc) is 2.71. The molecular formula is C8H8N. The molecule has 1 radical (unpaired) electrons. The van der Waals surface area contributed by atoms with E-state index in [2.05, 4.69) is 11.1 Å². The molecule has 1 saturated carbocycles. The third-order valence-electron chi connectivity index (χ3n) is 1.62. The van der Waals surface area contributed by atoms with Crippen LogP contribution in [0.2, 0.25) is 0 Å². The summed E-state index contributed by atoms with van der Waals surface area (Å²) in [5.74, 6) is 0.766. The maximum Gasteiger partial charge on any atom is 0.0440 e. The van der Waals surface area contributed by atoms with Crippen molar-refractivity contribution in [1.29, 1.82) is 0 Å². The van der Waals surface area contributed by atoms with Gasteiger partial charge in [-0.3, -0.25) is 4.98 Å². The predicted molar refractivity (Wildman–Crippen MR) is 35.0 cm³/mol. The fraction of sp³-hybridized carbons (Fsp3) is 0.375. The first-order chi connectivity index (χ1) is 4.47. The lowest BCUT2D eigenvalue weighted by atomic mass is 10.3. The first kappa shape index (κ1) is 4.98. The first-order valence-corrected chi connectivity index (χ1v) is 3.29. The van der Waals surface area contributed by atoms with Crippen LogP contribution < -0.4 is 0 Å². The minimum Gasteiger partial charge on any atom is -0.261 e. The highest BCUT2D eigenvalue weighted by Crippen LogP contribution is 2.38. The zero-order chi connectivity index (χ0) is 6.10. The molecule has 0 aliphatic heterocycles. The van der Waals surface area contributed by atoms with Crippen LogP contribution in [0.3, 0.4) is 0 Å². The quantitative estimate of drug-likeness (QED) is 0.547. The molecule has 45 valence electrons. The van der Waals surface area contributed by atoms with Crippen LogP contribution in [-0.4, -0.2) is 4.98 Å². The van der Waals surface area contributed by atoms with Crippen molar-refractivity contribution in [3.63, 3.8) is 0 Å². The molecule has 0 N–H and O–H groups in total.